The van der Waals surface area contributed by atoms with Gasteiger partial charge < -0.3 is 10.3 Å². The maximum absolute atomic E-state index is 13.0. The zero-order chi connectivity index (χ0) is 14.9. The summed E-state index contributed by atoms with van der Waals surface area (Å²) in [7, 11) is 0. The first-order valence-corrected chi connectivity index (χ1v) is 6.21. The number of nitrogens with two attached hydrogens (primary N) is 1. The molecule has 1 aromatic carbocycles. The Kier molecular flexibility index (Phi) is 3.74. The molecule has 0 bridgehead atoms. The molecule has 3 nitrogen and oxygen atoms in total. The van der Waals surface area contributed by atoms with Gasteiger partial charge in [-0.05, 0) is 18.4 Å². The molecule has 0 atom stereocenters. The van der Waals surface area contributed by atoms with E-state index in [1.54, 1.807) is 0 Å². The Labute approximate surface area is 114 Å². The predicted molar refractivity (Wildman–Crippen MR) is 69.9 cm³/mol. The normalized spacial score (nSPS) is 12.1. The van der Waals surface area contributed by atoms with Crippen molar-refractivity contribution in [2.45, 2.75) is 26.4 Å². The topological polar surface area (TPSA) is 52.0 Å². The number of alkyl halides is 3. The predicted octanol–water partition coefficient (Wildman–Crippen LogP) is 4.14. The Hall–Kier alpha value is -1.98. The lowest BCUT2D eigenvalue weighted by molar-refractivity contribution is -0.137. The van der Waals surface area contributed by atoms with Crippen LogP contribution in [0.3, 0.4) is 0 Å². The van der Waals surface area contributed by atoms with Crippen LogP contribution in [-0.4, -0.2) is 5.16 Å². The van der Waals surface area contributed by atoms with Gasteiger partial charge in [0, 0.05) is 11.1 Å². The summed E-state index contributed by atoms with van der Waals surface area (Å²) >= 11 is 0. The molecule has 2 N–H and O–H groups in total. The van der Waals surface area contributed by atoms with Crippen molar-refractivity contribution < 1.29 is 17.7 Å². The maximum Gasteiger partial charge on any atom is 0.417 e. The fourth-order valence-corrected chi connectivity index (χ4v) is 2.08. The van der Waals surface area contributed by atoms with Gasteiger partial charge in [0.2, 0.25) is 5.88 Å². The van der Waals surface area contributed by atoms with E-state index in [9.17, 15) is 13.2 Å². The smallest absolute Gasteiger partial charge is 0.367 e. The van der Waals surface area contributed by atoms with E-state index >= 15 is 0 Å². The fraction of sp³-hybridized carbons (Fsp3) is 0.357. The molecule has 2 rings (SSSR count). The van der Waals surface area contributed by atoms with Crippen molar-refractivity contribution in [2.75, 3.05) is 5.73 Å². The van der Waals surface area contributed by atoms with Crippen LogP contribution in [-0.2, 0) is 12.6 Å². The first kappa shape index (κ1) is 14.4. The van der Waals surface area contributed by atoms with E-state index in [1.165, 1.54) is 18.2 Å². The maximum atomic E-state index is 13.0. The van der Waals surface area contributed by atoms with Crippen LogP contribution in [0.15, 0.2) is 28.8 Å². The number of halogens is 3. The van der Waals surface area contributed by atoms with Crippen molar-refractivity contribution in [1.82, 2.24) is 5.16 Å². The fourth-order valence-electron chi connectivity index (χ4n) is 2.08. The highest BCUT2D eigenvalue weighted by Gasteiger charge is 2.35. The number of aromatic nitrogens is 1. The Morgan fingerprint density at radius 1 is 1.25 bits per heavy atom. The van der Waals surface area contributed by atoms with E-state index < -0.39 is 11.7 Å². The SMILES string of the molecule is CC(C)Cc1c(-c2ccccc2C(F)(F)F)noc1N. The van der Waals surface area contributed by atoms with Gasteiger partial charge >= 0.3 is 6.18 Å². The van der Waals surface area contributed by atoms with Gasteiger partial charge in [-0.15, -0.1) is 0 Å². The number of hydrogen-bond acceptors (Lipinski definition) is 3. The van der Waals surface area contributed by atoms with Gasteiger partial charge in [-0.3, -0.25) is 0 Å². The third-order valence-electron chi connectivity index (χ3n) is 2.92. The number of nitrogens with zero attached hydrogens (tertiary/aromatic N) is 1. The van der Waals surface area contributed by atoms with Crippen LogP contribution in [0.2, 0.25) is 0 Å². The monoisotopic (exact) mass is 284 g/mol. The van der Waals surface area contributed by atoms with E-state index in [0.717, 1.165) is 6.07 Å². The Bertz CT molecular complexity index is 603. The zero-order valence-corrected chi connectivity index (χ0v) is 11.2. The first-order valence-electron chi connectivity index (χ1n) is 6.21. The average molecular weight is 284 g/mol. The second kappa shape index (κ2) is 5.19. The third-order valence-corrected chi connectivity index (χ3v) is 2.92. The van der Waals surface area contributed by atoms with Gasteiger partial charge in [-0.1, -0.05) is 37.2 Å². The molecule has 0 fully saturated rings. The van der Waals surface area contributed by atoms with Crippen LogP contribution in [0.25, 0.3) is 11.3 Å². The van der Waals surface area contributed by atoms with Gasteiger partial charge in [0.15, 0.2) is 0 Å². The molecule has 0 aliphatic carbocycles. The molecular weight excluding hydrogens is 269 g/mol. The minimum absolute atomic E-state index is 0.00361. The van der Waals surface area contributed by atoms with Crippen LogP contribution in [0.4, 0.5) is 19.1 Å². The third kappa shape index (κ3) is 2.79. The van der Waals surface area contributed by atoms with E-state index in [2.05, 4.69) is 5.16 Å². The van der Waals surface area contributed by atoms with Crippen LogP contribution in [0.5, 0.6) is 0 Å². The summed E-state index contributed by atoms with van der Waals surface area (Å²) < 4.78 is 44.0. The lowest BCUT2D eigenvalue weighted by Crippen LogP contribution is -2.08. The largest absolute Gasteiger partial charge is 0.417 e. The van der Waals surface area contributed by atoms with Crippen LogP contribution >= 0.6 is 0 Å². The van der Waals surface area contributed by atoms with Gasteiger partial charge in [-0.25, -0.2) is 0 Å². The molecule has 0 spiro atoms. The van der Waals surface area contributed by atoms with Crippen LogP contribution in [0.1, 0.15) is 25.0 Å². The van der Waals surface area contributed by atoms with E-state index in [1.807, 2.05) is 13.8 Å². The summed E-state index contributed by atoms with van der Waals surface area (Å²) in [4.78, 5) is 0. The van der Waals surface area contributed by atoms with Crippen LogP contribution < -0.4 is 5.73 Å². The molecule has 2 aromatic rings. The summed E-state index contributed by atoms with van der Waals surface area (Å²) in [5.41, 5.74) is 5.63. The van der Waals surface area contributed by atoms with E-state index in [0.29, 0.717) is 12.0 Å². The highest BCUT2D eigenvalue weighted by Crippen LogP contribution is 2.39. The molecule has 0 unspecified atom stereocenters. The van der Waals surface area contributed by atoms with E-state index in [-0.39, 0.29) is 23.1 Å². The second-order valence-electron chi connectivity index (χ2n) is 5.02. The summed E-state index contributed by atoms with van der Waals surface area (Å²) in [5, 5.41) is 3.71. The number of hydrogen-bond donors (Lipinski definition) is 1. The minimum Gasteiger partial charge on any atom is -0.367 e. The quantitative estimate of drug-likeness (QED) is 0.921. The molecule has 6 heteroatoms. The molecule has 0 amide bonds. The highest BCUT2D eigenvalue weighted by molar-refractivity contribution is 5.70. The molecule has 0 saturated carbocycles. The Morgan fingerprint density at radius 2 is 1.90 bits per heavy atom. The molecule has 1 heterocycles. The lowest BCUT2D eigenvalue weighted by Gasteiger charge is -2.12. The zero-order valence-electron chi connectivity index (χ0n) is 11.2. The standard InChI is InChI=1S/C14H15F3N2O/c1-8(2)7-10-12(19-20-13(10)18)9-5-3-4-6-11(9)14(15,16)17/h3-6,8H,7,18H2,1-2H3. The molecule has 0 aliphatic heterocycles. The second-order valence-corrected chi connectivity index (χ2v) is 5.02. The Balaban J connectivity index is 2.58. The molecule has 0 aliphatic rings. The van der Waals surface area contributed by atoms with Gasteiger partial charge in [0.05, 0.1) is 5.56 Å². The number of rotatable bonds is 3. The molecule has 1 aromatic heterocycles. The van der Waals surface area contributed by atoms with Crippen molar-refractivity contribution in [3.63, 3.8) is 0 Å². The van der Waals surface area contributed by atoms with Gasteiger partial charge in [-0.2, -0.15) is 13.2 Å². The van der Waals surface area contributed by atoms with Crippen LogP contribution in [0, 0.1) is 5.92 Å². The molecule has 108 valence electrons. The summed E-state index contributed by atoms with van der Waals surface area (Å²) in [5.74, 6) is 0.305. The van der Waals surface area contributed by atoms with Gasteiger partial charge in [0.1, 0.15) is 5.69 Å². The summed E-state index contributed by atoms with van der Waals surface area (Å²) in [6, 6.07) is 5.29. The van der Waals surface area contributed by atoms with E-state index in [4.69, 9.17) is 10.3 Å². The molecule has 0 radical (unpaired) electrons. The minimum atomic E-state index is -4.45. The molecular formula is C14H15F3N2O. The van der Waals surface area contributed by atoms with Crippen molar-refractivity contribution in [1.29, 1.82) is 0 Å². The highest BCUT2D eigenvalue weighted by atomic mass is 19.4. The van der Waals surface area contributed by atoms with Crippen molar-refractivity contribution in [3.8, 4) is 11.3 Å². The number of benzene rings is 1. The summed E-state index contributed by atoms with van der Waals surface area (Å²) in [6.07, 6.45) is -3.93. The van der Waals surface area contributed by atoms with Gasteiger partial charge in [0.25, 0.3) is 0 Å². The van der Waals surface area contributed by atoms with Crippen molar-refractivity contribution in [2.24, 2.45) is 5.92 Å². The Morgan fingerprint density at radius 3 is 2.50 bits per heavy atom. The first-order chi connectivity index (χ1) is 9.30. The molecule has 20 heavy (non-hydrogen) atoms. The lowest BCUT2D eigenvalue weighted by atomic mass is 9.96. The van der Waals surface area contributed by atoms with Crippen molar-refractivity contribution in [3.05, 3.63) is 35.4 Å². The average Bonchev–Trinajstić information content (AvgIpc) is 2.69. The van der Waals surface area contributed by atoms with Crippen molar-refractivity contribution >= 4 is 5.88 Å². The molecule has 0 saturated heterocycles. The number of anilines is 1. The summed E-state index contributed by atoms with van der Waals surface area (Å²) in [6.45, 7) is 3.90. The number of nitrogen functional groups attached to an aromatic ring is 1.